The molecule has 0 aliphatic rings. The van der Waals surface area contributed by atoms with Gasteiger partial charge in [-0.15, -0.1) is 0 Å². The predicted octanol–water partition coefficient (Wildman–Crippen LogP) is 4.90. The predicted molar refractivity (Wildman–Crippen MR) is 98.8 cm³/mol. The van der Waals surface area contributed by atoms with Crippen LogP contribution in [0.1, 0.15) is 60.7 Å². The van der Waals surface area contributed by atoms with Crippen LogP contribution in [0, 0.1) is 6.92 Å². The number of carboxylic acid groups (broad SMARTS) is 1. The van der Waals surface area contributed by atoms with E-state index in [9.17, 15) is 15.0 Å². The molecule has 0 saturated carbocycles. The van der Waals surface area contributed by atoms with Gasteiger partial charge in [-0.2, -0.15) is 0 Å². The lowest BCUT2D eigenvalue weighted by atomic mass is 9.77. The first-order chi connectivity index (χ1) is 11.8. The van der Waals surface area contributed by atoms with Gasteiger partial charge in [-0.05, 0) is 48.2 Å². The summed E-state index contributed by atoms with van der Waals surface area (Å²) in [4.78, 5) is 11.8. The summed E-state index contributed by atoms with van der Waals surface area (Å²) in [5.74, 6) is -0.328. The first-order valence-corrected chi connectivity index (χ1v) is 8.58. The first kappa shape index (κ1) is 18.8. The number of aryl methyl sites for hydroxylation is 1. The highest BCUT2D eigenvalue weighted by molar-refractivity contribution is 5.92. The molecule has 4 heteroatoms. The van der Waals surface area contributed by atoms with Crippen LogP contribution in [0.15, 0.2) is 36.4 Å². The molecule has 2 aromatic rings. The minimum Gasteiger partial charge on any atom is -0.508 e. The SMILES string of the molecule is CCCCOc1c(C)cc(C(C)(C)c2ccc(O)cc2)cc1C(=O)O. The van der Waals surface area contributed by atoms with E-state index in [1.54, 1.807) is 18.2 Å². The van der Waals surface area contributed by atoms with E-state index in [0.717, 1.165) is 29.5 Å². The number of aromatic carboxylic acids is 1. The van der Waals surface area contributed by atoms with Gasteiger partial charge >= 0.3 is 5.97 Å². The number of ether oxygens (including phenoxy) is 1. The van der Waals surface area contributed by atoms with Gasteiger partial charge in [0, 0.05) is 5.41 Å². The number of aromatic hydroxyl groups is 1. The van der Waals surface area contributed by atoms with Gasteiger partial charge in [0.2, 0.25) is 0 Å². The third-order valence-electron chi connectivity index (χ3n) is 4.56. The van der Waals surface area contributed by atoms with Crippen LogP contribution in [0.2, 0.25) is 0 Å². The zero-order valence-electron chi connectivity index (χ0n) is 15.3. The van der Waals surface area contributed by atoms with Gasteiger partial charge in [-0.1, -0.05) is 45.4 Å². The Hall–Kier alpha value is -2.49. The number of phenols is 1. The zero-order valence-corrected chi connectivity index (χ0v) is 15.3. The minimum absolute atomic E-state index is 0.193. The molecule has 0 spiro atoms. The summed E-state index contributed by atoms with van der Waals surface area (Å²) in [6.07, 6.45) is 1.88. The molecule has 2 N–H and O–H groups in total. The van der Waals surface area contributed by atoms with Crippen LogP contribution in [0.3, 0.4) is 0 Å². The van der Waals surface area contributed by atoms with Crippen molar-refractivity contribution in [2.45, 2.75) is 46.0 Å². The molecule has 0 atom stereocenters. The molecule has 0 radical (unpaired) electrons. The third-order valence-corrected chi connectivity index (χ3v) is 4.56. The van der Waals surface area contributed by atoms with Crippen LogP contribution in [0.4, 0.5) is 0 Å². The smallest absolute Gasteiger partial charge is 0.339 e. The number of hydrogen-bond donors (Lipinski definition) is 2. The van der Waals surface area contributed by atoms with Gasteiger partial charge in [0.25, 0.3) is 0 Å². The molecular formula is C21H26O4. The van der Waals surface area contributed by atoms with Gasteiger partial charge in [0.05, 0.1) is 6.61 Å². The number of carbonyl (C=O) groups is 1. The van der Waals surface area contributed by atoms with Gasteiger partial charge < -0.3 is 14.9 Å². The zero-order chi connectivity index (χ0) is 18.6. The molecule has 4 nitrogen and oxygen atoms in total. The quantitative estimate of drug-likeness (QED) is 0.702. The second kappa shape index (κ2) is 7.60. The van der Waals surface area contributed by atoms with Crippen molar-refractivity contribution in [3.8, 4) is 11.5 Å². The summed E-state index contributed by atoms with van der Waals surface area (Å²) in [6, 6.07) is 10.7. The number of rotatable bonds is 7. The van der Waals surface area contributed by atoms with Crippen molar-refractivity contribution in [1.82, 2.24) is 0 Å². The maximum atomic E-state index is 11.8. The van der Waals surface area contributed by atoms with Gasteiger partial charge in [-0.25, -0.2) is 4.79 Å². The van der Waals surface area contributed by atoms with Crippen molar-refractivity contribution >= 4 is 5.97 Å². The second-order valence-electron chi connectivity index (χ2n) is 6.85. The third kappa shape index (κ3) is 4.13. The molecule has 2 aromatic carbocycles. The largest absolute Gasteiger partial charge is 0.508 e. The minimum atomic E-state index is -0.988. The lowest BCUT2D eigenvalue weighted by Gasteiger charge is -2.28. The maximum absolute atomic E-state index is 11.8. The summed E-state index contributed by atoms with van der Waals surface area (Å²) >= 11 is 0. The van der Waals surface area contributed by atoms with E-state index in [4.69, 9.17) is 4.74 Å². The Labute approximate surface area is 149 Å². The summed E-state index contributed by atoms with van der Waals surface area (Å²) in [7, 11) is 0. The fraction of sp³-hybridized carbons (Fsp3) is 0.381. The number of unbranched alkanes of at least 4 members (excludes halogenated alkanes) is 1. The van der Waals surface area contributed by atoms with Crippen LogP contribution >= 0.6 is 0 Å². The summed E-state index contributed by atoms with van der Waals surface area (Å²) in [5.41, 5.74) is 2.51. The Morgan fingerprint density at radius 2 is 1.76 bits per heavy atom. The van der Waals surface area contributed by atoms with E-state index in [1.165, 1.54) is 0 Å². The molecule has 25 heavy (non-hydrogen) atoms. The van der Waals surface area contributed by atoms with Crippen LogP contribution in [0.25, 0.3) is 0 Å². The Morgan fingerprint density at radius 3 is 2.32 bits per heavy atom. The fourth-order valence-electron chi connectivity index (χ4n) is 2.85. The highest BCUT2D eigenvalue weighted by Gasteiger charge is 2.27. The van der Waals surface area contributed by atoms with Crippen LogP contribution in [0.5, 0.6) is 11.5 Å². The molecule has 0 heterocycles. The van der Waals surface area contributed by atoms with E-state index in [1.807, 2.05) is 39.0 Å². The molecule has 0 aromatic heterocycles. The first-order valence-electron chi connectivity index (χ1n) is 8.58. The Kier molecular flexibility index (Phi) is 5.73. The molecule has 0 aliphatic heterocycles. The number of hydrogen-bond acceptors (Lipinski definition) is 3. The Morgan fingerprint density at radius 1 is 1.12 bits per heavy atom. The molecule has 0 bridgehead atoms. The lowest BCUT2D eigenvalue weighted by molar-refractivity contribution is 0.0691. The fourth-order valence-corrected chi connectivity index (χ4v) is 2.85. The molecule has 0 fully saturated rings. The van der Waals surface area contributed by atoms with E-state index in [0.29, 0.717) is 12.4 Å². The standard InChI is InChI=1S/C21H26O4/c1-5-6-11-25-19-14(2)12-16(13-18(19)20(23)24)21(3,4)15-7-9-17(22)10-8-15/h7-10,12-13,22H,5-6,11H2,1-4H3,(H,23,24). The second-order valence-corrected chi connectivity index (χ2v) is 6.85. The Balaban J connectivity index is 2.48. The van der Waals surface area contributed by atoms with Crippen molar-refractivity contribution in [1.29, 1.82) is 0 Å². The van der Waals surface area contributed by atoms with E-state index in [-0.39, 0.29) is 11.3 Å². The molecule has 0 unspecified atom stereocenters. The highest BCUT2D eigenvalue weighted by atomic mass is 16.5. The molecule has 0 saturated heterocycles. The molecular weight excluding hydrogens is 316 g/mol. The maximum Gasteiger partial charge on any atom is 0.339 e. The molecule has 0 amide bonds. The number of benzene rings is 2. The van der Waals surface area contributed by atoms with Crippen molar-refractivity contribution < 1.29 is 19.7 Å². The van der Waals surface area contributed by atoms with Gasteiger partial charge in [0.1, 0.15) is 17.1 Å². The van der Waals surface area contributed by atoms with Crippen LogP contribution < -0.4 is 4.74 Å². The highest BCUT2D eigenvalue weighted by Crippen LogP contribution is 2.36. The van der Waals surface area contributed by atoms with Gasteiger partial charge in [-0.3, -0.25) is 0 Å². The summed E-state index contributed by atoms with van der Waals surface area (Å²) in [6.45, 7) is 8.54. The van der Waals surface area contributed by atoms with E-state index >= 15 is 0 Å². The van der Waals surface area contributed by atoms with Crippen molar-refractivity contribution in [3.63, 3.8) is 0 Å². The normalized spacial score (nSPS) is 11.4. The molecule has 0 aliphatic carbocycles. The van der Waals surface area contributed by atoms with Crippen molar-refractivity contribution in [2.24, 2.45) is 0 Å². The van der Waals surface area contributed by atoms with Gasteiger partial charge in [0.15, 0.2) is 0 Å². The van der Waals surface area contributed by atoms with Crippen molar-refractivity contribution in [3.05, 3.63) is 58.7 Å². The topological polar surface area (TPSA) is 66.8 Å². The van der Waals surface area contributed by atoms with E-state index < -0.39 is 11.4 Å². The Bertz CT molecular complexity index is 745. The summed E-state index contributed by atoms with van der Waals surface area (Å²) in [5, 5.41) is 19.1. The molecule has 2 rings (SSSR count). The lowest BCUT2D eigenvalue weighted by Crippen LogP contribution is -2.20. The van der Waals surface area contributed by atoms with Crippen molar-refractivity contribution in [2.75, 3.05) is 6.61 Å². The number of carboxylic acids is 1. The van der Waals surface area contributed by atoms with Crippen LogP contribution in [-0.4, -0.2) is 22.8 Å². The van der Waals surface area contributed by atoms with Crippen LogP contribution in [-0.2, 0) is 5.41 Å². The van der Waals surface area contributed by atoms with E-state index in [2.05, 4.69) is 6.92 Å². The average Bonchev–Trinajstić information content (AvgIpc) is 2.56. The number of phenolic OH excluding ortho intramolecular Hbond substituents is 1. The molecule has 134 valence electrons. The average molecular weight is 342 g/mol. The monoisotopic (exact) mass is 342 g/mol. The summed E-state index contributed by atoms with van der Waals surface area (Å²) < 4.78 is 5.74.